The van der Waals surface area contributed by atoms with Gasteiger partial charge in [0, 0.05) is 31.9 Å². The van der Waals surface area contributed by atoms with Crippen LogP contribution in [0.2, 0.25) is 5.02 Å². The minimum atomic E-state index is -0.526. The Morgan fingerprint density at radius 1 is 1.08 bits per heavy atom. The Bertz CT molecular complexity index is 794. The zero-order valence-electron chi connectivity index (χ0n) is 14.4. The first-order valence-electron chi connectivity index (χ1n) is 8.45. The third kappa shape index (κ3) is 4.14. The summed E-state index contributed by atoms with van der Waals surface area (Å²) >= 11 is 5.74. The van der Waals surface area contributed by atoms with Crippen LogP contribution in [0.5, 0.6) is 0 Å². The Kier molecular flexibility index (Phi) is 5.74. The lowest BCUT2D eigenvalue weighted by atomic mass is 10.2. The normalized spacial score (nSPS) is 16.4. The molecule has 1 fully saturated rings. The third-order valence-electron chi connectivity index (χ3n) is 4.62. The van der Waals surface area contributed by atoms with Crippen molar-refractivity contribution in [1.29, 1.82) is 0 Å². The maximum Gasteiger partial charge on any atom is 0.241 e. The van der Waals surface area contributed by atoms with E-state index in [0.29, 0.717) is 37.6 Å². The Morgan fingerprint density at radius 3 is 2.42 bits per heavy atom. The molecule has 1 aliphatic heterocycles. The van der Waals surface area contributed by atoms with E-state index in [2.05, 4.69) is 5.32 Å². The molecular formula is C19H20ClF2N3O. The first-order chi connectivity index (χ1) is 12.5. The molecule has 1 unspecified atom stereocenters. The van der Waals surface area contributed by atoms with Crippen LogP contribution in [0.4, 0.5) is 20.2 Å². The maximum absolute atomic E-state index is 13.9. The zero-order valence-corrected chi connectivity index (χ0v) is 15.1. The van der Waals surface area contributed by atoms with Crippen LogP contribution in [0.1, 0.15) is 6.92 Å². The molecule has 3 rings (SSSR count). The Balaban J connectivity index is 1.57. The lowest BCUT2D eigenvalue weighted by Gasteiger charge is -2.38. The largest absolute Gasteiger partial charge is 0.367 e. The number of hydrogen-bond donors (Lipinski definition) is 1. The molecule has 1 saturated heterocycles. The van der Waals surface area contributed by atoms with E-state index in [4.69, 9.17) is 11.6 Å². The monoisotopic (exact) mass is 379 g/mol. The summed E-state index contributed by atoms with van der Waals surface area (Å²) in [5.74, 6) is -0.950. The van der Waals surface area contributed by atoms with Gasteiger partial charge < -0.3 is 10.2 Å². The van der Waals surface area contributed by atoms with Crippen LogP contribution < -0.4 is 10.2 Å². The SMILES string of the molecule is CC(C(=O)Nc1ccc(F)c(Cl)c1)N1CCN(c2ccccc2F)CC1. The predicted octanol–water partition coefficient (Wildman–Crippen LogP) is 3.77. The molecule has 1 heterocycles. The number of piperazine rings is 1. The summed E-state index contributed by atoms with van der Waals surface area (Å²) in [7, 11) is 0. The molecule has 26 heavy (non-hydrogen) atoms. The maximum atomic E-state index is 13.9. The second-order valence-corrected chi connectivity index (χ2v) is 6.68. The van der Waals surface area contributed by atoms with Gasteiger partial charge in [-0.15, -0.1) is 0 Å². The van der Waals surface area contributed by atoms with E-state index in [9.17, 15) is 13.6 Å². The van der Waals surface area contributed by atoms with E-state index in [1.165, 1.54) is 24.3 Å². The van der Waals surface area contributed by atoms with Crippen LogP contribution in [0, 0.1) is 11.6 Å². The molecule has 0 aliphatic carbocycles. The zero-order chi connectivity index (χ0) is 18.7. The van der Waals surface area contributed by atoms with E-state index < -0.39 is 5.82 Å². The van der Waals surface area contributed by atoms with Crippen molar-refractivity contribution < 1.29 is 13.6 Å². The van der Waals surface area contributed by atoms with Crippen LogP contribution >= 0.6 is 11.6 Å². The van der Waals surface area contributed by atoms with Crippen LogP contribution in [-0.4, -0.2) is 43.0 Å². The van der Waals surface area contributed by atoms with Crippen molar-refractivity contribution >= 4 is 28.9 Å². The summed E-state index contributed by atoms with van der Waals surface area (Å²) in [5.41, 5.74) is 1.04. The molecule has 138 valence electrons. The molecular weight excluding hydrogens is 360 g/mol. The number of carbonyl (C=O) groups excluding carboxylic acids is 1. The molecule has 0 bridgehead atoms. The average Bonchev–Trinajstić information content (AvgIpc) is 2.65. The predicted molar refractivity (Wildman–Crippen MR) is 99.7 cm³/mol. The number of amides is 1. The molecule has 0 radical (unpaired) electrons. The van der Waals surface area contributed by atoms with Gasteiger partial charge in [-0.2, -0.15) is 0 Å². The number of benzene rings is 2. The van der Waals surface area contributed by atoms with Crippen molar-refractivity contribution in [3.63, 3.8) is 0 Å². The highest BCUT2D eigenvalue weighted by molar-refractivity contribution is 6.31. The summed E-state index contributed by atoms with van der Waals surface area (Å²) in [5, 5.41) is 2.72. The number of carbonyl (C=O) groups is 1. The van der Waals surface area contributed by atoms with E-state index >= 15 is 0 Å². The van der Waals surface area contributed by atoms with Gasteiger partial charge in [0.15, 0.2) is 0 Å². The molecule has 7 heteroatoms. The third-order valence-corrected chi connectivity index (χ3v) is 4.91. The molecule has 0 saturated carbocycles. The Labute approximate surface area is 156 Å². The van der Waals surface area contributed by atoms with Crippen molar-refractivity contribution in [3.8, 4) is 0 Å². The number of nitrogens with one attached hydrogen (secondary N) is 1. The van der Waals surface area contributed by atoms with Gasteiger partial charge in [-0.25, -0.2) is 8.78 Å². The van der Waals surface area contributed by atoms with Crippen LogP contribution in [-0.2, 0) is 4.79 Å². The summed E-state index contributed by atoms with van der Waals surface area (Å²) in [6, 6.07) is 10.4. The van der Waals surface area contributed by atoms with E-state index in [-0.39, 0.29) is 22.8 Å². The molecule has 1 N–H and O–H groups in total. The minimum absolute atomic E-state index is 0.0334. The average molecular weight is 380 g/mol. The second kappa shape index (κ2) is 8.01. The molecule has 1 amide bonds. The number of nitrogens with zero attached hydrogens (tertiary/aromatic N) is 2. The number of para-hydroxylation sites is 1. The van der Waals surface area contributed by atoms with Crippen LogP contribution in [0.15, 0.2) is 42.5 Å². The van der Waals surface area contributed by atoms with Crippen molar-refractivity contribution in [2.45, 2.75) is 13.0 Å². The first-order valence-corrected chi connectivity index (χ1v) is 8.83. The van der Waals surface area contributed by atoms with Crippen molar-refractivity contribution in [1.82, 2.24) is 4.90 Å². The second-order valence-electron chi connectivity index (χ2n) is 6.27. The fourth-order valence-corrected chi connectivity index (χ4v) is 3.23. The van der Waals surface area contributed by atoms with Crippen LogP contribution in [0.25, 0.3) is 0 Å². The van der Waals surface area contributed by atoms with Gasteiger partial charge in [0.1, 0.15) is 11.6 Å². The van der Waals surface area contributed by atoms with Gasteiger partial charge in [0.25, 0.3) is 0 Å². The molecule has 1 aliphatic rings. The molecule has 2 aromatic carbocycles. The number of anilines is 2. The topological polar surface area (TPSA) is 35.6 Å². The molecule has 1 atom stereocenters. The van der Waals surface area contributed by atoms with Gasteiger partial charge in [-0.05, 0) is 37.3 Å². The van der Waals surface area contributed by atoms with Gasteiger partial charge >= 0.3 is 0 Å². The smallest absolute Gasteiger partial charge is 0.241 e. The highest BCUT2D eigenvalue weighted by Gasteiger charge is 2.26. The standard InChI is InChI=1S/C19H20ClF2N3O/c1-13(19(26)23-14-6-7-16(21)15(20)12-14)24-8-10-25(11-9-24)18-5-3-2-4-17(18)22/h2-7,12-13H,8-11H2,1H3,(H,23,26). The molecule has 2 aromatic rings. The first kappa shape index (κ1) is 18.6. The lowest BCUT2D eigenvalue weighted by molar-refractivity contribution is -0.120. The van der Waals surface area contributed by atoms with Crippen molar-refractivity contribution in [2.24, 2.45) is 0 Å². The summed E-state index contributed by atoms with van der Waals surface area (Å²) in [4.78, 5) is 16.5. The Hall–Kier alpha value is -2.18. The lowest BCUT2D eigenvalue weighted by Crippen LogP contribution is -2.53. The van der Waals surface area contributed by atoms with E-state index in [1.54, 1.807) is 12.1 Å². The molecule has 4 nitrogen and oxygen atoms in total. The van der Waals surface area contributed by atoms with Gasteiger partial charge in [0.05, 0.1) is 16.8 Å². The minimum Gasteiger partial charge on any atom is -0.367 e. The summed E-state index contributed by atoms with van der Waals surface area (Å²) in [6.45, 7) is 4.39. The Morgan fingerprint density at radius 2 is 1.77 bits per heavy atom. The van der Waals surface area contributed by atoms with Gasteiger partial charge in [-0.3, -0.25) is 9.69 Å². The summed E-state index contributed by atoms with van der Waals surface area (Å²) < 4.78 is 27.1. The van der Waals surface area contributed by atoms with Crippen LogP contribution in [0.3, 0.4) is 0 Å². The van der Waals surface area contributed by atoms with Crippen molar-refractivity contribution in [2.75, 3.05) is 36.4 Å². The van der Waals surface area contributed by atoms with Crippen molar-refractivity contribution in [3.05, 3.63) is 59.1 Å². The number of halogens is 3. The molecule has 0 spiro atoms. The fraction of sp³-hybridized carbons (Fsp3) is 0.316. The fourth-order valence-electron chi connectivity index (χ4n) is 3.04. The highest BCUT2D eigenvalue weighted by atomic mass is 35.5. The van der Waals surface area contributed by atoms with Gasteiger partial charge in [0.2, 0.25) is 5.91 Å². The van der Waals surface area contributed by atoms with E-state index in [0.717, 1.165) is 0 Å². The highest BCUT2D eigenvalue weighted by Crippen LogP contribution is 2.22. The quantitative estimate of drug-likeness (QED) is 0.878. The van der Waals surface area contributed by atoms with Gasteiger partial charge in [-0.1, -0.05) is 23.7 Å². The molecule has 0 aromatic heterocycles. The summed E-state index contributed by atoms with van der Waals surface area (Å²) in [6.07, 6.45) is 0. The number of rotatable bonds is 4. The van der Waals surface area contributed by atoms with E-state index in [1.807, 2.05) is 22.8 Å². The number of hydrogen-bond acceptors (Lipinski definition) is 3.